The smallest absolute Gasteiger partial charge is 0.328 e. The van der Waals surface area contributed by atoms with Crippen molar-refractivity contribution in [2.45, 2.75) is 13.3 Å². The van der Waals surface area contributed by atoms with Crippen LogP contribution in [0.1, 0.15) is 12.5 Å². The Kier molecular flexibility index (Phi) is 4.61. The van der Waals surface area contributed by atoms with Crippen molar-refractivity contribution >= 4 is 22.6 Å². The third-order valence-corrected chi connectivity index (χ3v) is 4.15. The monoisotopic (exact) mass is 339 g/mol. The lowest BCUT2D eigenvalue weighted by Crippen LogP contribution is -2.19. The minimum Gasteiger partial charge on any atom is -0.494 e. The standard InChI is InChI=1S/C19H21N3O3/c1-4-25-15-8-5-13(6-9-15)11-18(23)20-14-7-10-16-17(12-14)22(3)19(24)21(16)2/h5-10,12H,4,11H2,1-3H3,(H,20,23). The van der Waals surface area contributed by atoms with Crippen molar-refractivity contribution in [3.05, 3.63) is 58.5 Å². The molecule has 1 amide bonds. The molecule has 2 aromatic carbocycles. The van der Waals surface area contributed by atoms with Gasteiger partial charge in [0.25, 0.3) is 0 Å². The molecule has 6 heteroatoms. The SMILES string of the molecule is CCOc1ccc(CC(=O)Nc2ccc3c(c2)n(C)c(=O)n3C)cc1. The van der Waals surface area contributed by atoms with Gasteiger partial charge in [-0.25, -0.2) is 4.79 Å². The Hall–Kier alpha value is -3.02. The molecule has 1 N–H and O–H groups in total. The number of nitrogens with zero attached hydrogens (tertiary/aromatic N) is 2. The number of nitrogens with one attached hydrogen (secondary N) is 1. The van der Waals surface area contributed by atoms with Gasteiger partial charge in [-0.2, -0.15) is 0 Å². The summed E-state index contributed by atoms with van der Waals surface area (Å²) in [5, 5.41) is 2.88. The second kappa shape index (κ2) is 6.84. The lowest BCUT2D eigenvalue weighted by molar-refractivity contribution is -0.115. The number of ether oxygens (including phenoxy) is 1. The highest BCUT2D eigenvalue weighted by atomic mass is 16.5. The van der Waals surface area contributed by atoms with Crippen LogP contribution in [0.4, 0.5) is 5.69 Å². The zero-order valence-corrected chi connectivity index (χ0v) is 14.6. The highest BCUT2D eigenvalue weighted by Gasteiger charge is 2.10. The maximum atomic E-state index is 12.3. The first kappa shape index (κ1) is 16.8. The van der Waals surface area contributed by atoms with Crippen molar-refractivity contribution < 1.29 is 9.53 Å². The van der Waals surface area contributed by atoms with Gasteiger partial charge in [-0.1, -0.05) is 12.1 Å². The zero-order valence-electron chi connectivity index (χ0n) is 14.6. The number of carbonyl (C=O) groups excluding carboxylic acids is 1. The quantitative estimate of drug-likeness (QED) is 0.776. The fraction of sp³-hybridized carbons (Fsp3) is 0.263. The summed E-state index contributed by atoms with van der Waals surface area (Å²) in [7, 11) is 3.45. The number of benzene rings is 2. The summed E-state index contributed by atoms with van der Waals surface area (Å²) in [6.45, 7) is 2.55. The van der Waals surface area contributed by atoms with Crippen LogP contribution < -0.4 is 15.7 Å². The maximum absolute atomic E-state index is 12.3. The van der Waals surface area contributed by atoms with Crippen molar-refractivity contribution in [1.29, 1.82) is 0 Å². The van der Waals surface area contributed by atoms with Crippen LogP contribution in [0.3, 0.4) is 0 Å². The molecule has 0 radical (unpaired) electrons. The molecule has 6 nitrogen and oxygen atoms in total. The predicted molar refractivity (Wildman–Crippen MR) is 98.1 cm³/mol. The first-order valence-corrected chi connectivity index (χ1v) is 8.16. The molecular weight excluding hydrogens is 318 g/mol. The van der Waals surface area contributed by atoms with E-state index in [4.69, 9.17) is 4.74 Å². The highest BCUT2D eigenvalue weighted by molar-refractivity contribution is 5.94. The van der Waals surface area contributed by atoms with Gasteiger partial charge in [0.05, 0.1) is 24.1 Å². The molecule has 0 unspecified atom stereocenters. The Balaban J connectivity index is 1.73. The molecule has 0 spiro atoms. The minimum atomic E-state index is -0.107. The second-order valence-electron chi connectivity index (χ2n) is 5.91. The van der Waals surface area contributed by atoms with E-state index in [-0.39, 0.29) is 18.0 Å². The van der Waals surface area contributed by atoms with Gasteiger partial charge in [-0.15, -0.1) is 0 Å². The highest BCUT2D eigenvalue weighted by Crippen LogP contribution is 2.18. The zero-order chi connectivity index (χ0) is 18.0. The summed E-state index contributed by atoms with van der Waals surface area (Å²) >= 11 is 0. The average molecular weight is 339 g/mol. The van der Waals surface area contributed by atoms with E-state index in [1.165, 1.54) is 0 Å². The molecule has 0 saturated carbocycles. The summed E-state index contributed by atoms with van der Waals surface area (Å²) in [6, 6.07) is 12.9. The van der Waals surface area contributed by atoms with E-state index in [9.17, 15) is 9.59 Å². The van der Waals surface area contributed by atoms with E-state index >= 15 is 0 Å². The van der Waals surface area contributed by atoms with E-state index < -0.39 is 0 Å². The number of aromatic nitrogens is 2. The largest absolute Gasteiger partial charge is 0.494 e. The molecule has 25 heavy (non-hydrogen) atoms. The van der Waals surface area contributed by atoms with Gasteiger partial charge in [-0.05, 0) is 42.8 Å². The van der Waals surface area contributed by atoms with Gasteiger partial charge in [-0.3, -0.25) is 13.9 Å². The molecule has 130 valence electrons. The molecule has 0 aliphatic carbocycles. The molecule has 0 bridgehead atoms. The summed E-state index contributed by atoms with van der Waals surface area (Å²) < 4.78 is 8.55. The summed E-state index contributed by atoms with van der Waals surface area (Å²) in [5.74, 6) is 0.687. The number of fused-ring (bicyclic) bond motifs is 1. The topological polar surface area (TPSA) is 65.3 Å². The number of carbonyl (C=O) groups is 1. The minimum absolute atomic E-state index is 0.0899. The lowest BCUT2D eigenvalue weighted by atomic mass is 10.1. The first-order valence-electron chi connectivity index (χ1n) is 8.16. The molecule has 0 atom stereocenters. The normalized spacial score (nSPS) is 10.8. The lowest BCUT2D eigenvalue weighted by Gasteiger charge is -2.07. The molecule has 3 aromatic rings. The number of anilines is 1. The molecule has 3 rings (SSSR count). The van der Waals surface area contributed by atoms with Crippen molar-refractivity contribution in [2.75, 3.05) is 11.9 Å². The summed E-state index contributed by atoms with van der Waals surface area (Å²) in [6.07, 6.45) is 0.276. The molecule has 0 saturated heterocycles. The third-order valence-electron chi connectivity index (χ3n) is 4.15. The van der Waals surface area contributed by atoms with Crippen LogP contribution in [0.2, 0.25) is 0 Å². The number of amides is 1. The van der Waals surface area contributed by atoms with E-state index in [0.717, 1.165) is 22.3 Å². The van der Waals surface area contributed by atoms with Crippen molar-refractivity contribution in [3.63, 3.8) is 0 Å². The van der Waals surface area contributed by atoms with Crippen molar-refractivity contribution in [2.24, 2.45) is 14.1 Å². The maximum Gasteiger partial charge on any atom is 0.328 e. The molecular formula is C19H21N3O3. The van der Waals surface area contributed by atoms with Crippen LogP contribution in [0.15, 0.2) is 47.3 Å². The van der Waals surface area contributed by atoms with E-state index in [1.54, 1.807) is 29.3 Å². The van der Waals surface area contributed by atoms with Crippen molar-refractivity contribution in [1.82, 2.24) is 9.13 Å². The number of rotatable bonds is 5. The Morgan fingerprint density at radius 3 is 2.40 bits per heavy atom. The van der Waals surface area contributed by atoms with Gasteiger partial charge in [0.2, 0.25) is 5.91 Å². The van der Waals surface area contributed by atoms with Crippen LogP contribution in [-0.2, 0) is 25.3 Å². The van der Waals surface area contributed by atoms with Crippen molar-refractivity contribution in [3.8, 4) is 5.75 Å². The Labute approximate surface area is 145 Å². The van der Waals surface area contributed by atoms with E-state index in [2.05, 4.69) is 5.32 Å². The Bertz CT molecular complexity index is 968. The van der Waals surface area contributed by atoms with Gasteiger partial charge in [0.15, 0.2) is 0 Å². The van der Waals surface area contributed by atoms with E-state index in [1.807, 2.05) is 43.3 Å². The fourth-order valence-corrected chi connectivity index (χ4v) is 2.85. The third kappa shape index (κ3) is 3.42. The molecule has 1 aromatic heterocycles. The van der Waals surface area contributed by atoms with Crippen LogP contribution >= 0.6 is 0 Å². The summed E-state index contributed by atoms with van der Waals surface area (Å²) in [5.41, 5.74) is 3.11. The average Bonchev–Trinajstić information content (AvgIpc) is 2.81. The fourth-order valence-electron chi connectivity index (χ4n) is 2.85. The van der Waals surface area contributed by atoms with Gasteiger partial charge in [0, 0.05) is 19.8 Å². The Morgan fingerprint density at radius 1 is 1.04 bits per heavy atom. The predicted octanol–water partition coefficient (Wildman–Crippen LogP) is 2.46. The molecule has 1 heterocycles. The van der Waals surface area contributed by atoms with Gasteiger partial charge >= 0.3 is 5.69 Å². The number of imidazole rings is 1. The molecule has 0 fully saturated rings. The number of hydrogen-bond acceptors (Lipinski definition) is 3. The van der Waals surface area contributed by atoms with Gasteiger partial charge < -0.3 is 10.1 Å². The summed E-state index contributed by atoms with van der Waals surface area (Å²) in [4.78, 5) is 24.2. The molecule has 0 aliphatic heterocycles. The Morgan fingerprint density at radius 2 is 1.72 bits per heavy atom. The number of aryl methyl sites for hydroxylation is 2. The van der Waals surface area contributed by atoms with Crippen LogP contribution in [0, 0.1) is 0 Å². The van der Waals surface area contributed by atoms with E-state index in [0.29, 0.717) is 12.3 Å². The second-order valence-corrected chi connectivity index (χ2v) is 5.91. The van der Waals surface area contributed by atoms with Crippen LogP contribution in [-0.4, -0.2) is 21.6 Å². The number of hydrogen-bond donors (Lipinski definition) is 1. The van der Waals surface area contributed by atoms with Gasteiger partial charge in [0.1, 0.15) is 5.75 Å². The van der Waals surface area contributed by atoms with Crippen LogP contribution in [0.5, 0.6) is 5.75 Å². The van der Waals surface area contributed by atoms with Crippen LogP contribution in [0.25, 0.3) is 11.0 Å². The molecule has 0 aliphatic rings. The first-order chi connectivity index (χ1) is 12.0.